The van der Waals surface area contributed by atoms with Crippen LogP contribution in [0, 0.1) is 13.8 Å². The summed E-state index contributed by atoms with van der Waals surface area (Å²) in [6.45, 7) is 6.65. The highest BCUT2D eigenvalue weighted by Gasteiger charge is 2.59. The Kier molecular flexibility index (Phi) is 7.37. The number of piperazine rings is 1. The molecule has 4 bridgehead atoms. The summed E-state index contributed by atoms with van der Waals surface area (Å²) in [6, 6.07) is 9.47. The number of aromatic amines is 1. The highest BCUT2D eigenvalue weighted by Crippen LogP contribution is 2.63. The molecule has 8 heterocycles. The molecular weight excluding hydrogens is 697 g/mol. The van der Waals surface area contributed by atoms with Crippen LogP contribution in [0.15, 0.2) is 30.3 Å². The van der Waals surface area contributed by atoms with Gasteiger partial charge in [0.1, 0.15) is 12.4 Å². The number of hydrogen-bond acceptors (Lipinski definition) is 12. The first-order valence-corrected chi connectivity index (χ1v) is 19.3. The zero-order chi connectivity index (χ0) is 36.5. The molecule has 0 saturated carbocycles. The van der Waals surface area contributed by atoms with Gasteiger partial charge in [0.05, 0.1) is 30.1 Å². The SMILES string of the molecule is COc1c(C)cc2c(c1O)C1C3C4SC[C@]5(NCCc6c5[nH]c5ccccc65)C(=O)OC[C@@H](c5c6c(c(C)c(OC(C)=O)c54)OCO6)N3CC(C2)N1C. The molecule has 0 aliphatic carbocycles. The van der Waals surface area contributed by atoms with E-state index in [1.807, 2.05) is 32.0 Å². The second-order valence-electron chi connectivity index (χ2n) is 15.2. The number of rotatable bonds is 2. The predicted octanol–water partition coefficient (Wildman–Crippen LogP) is 4.86. The number of aromatic hydroxyl groups is 1. The van der Waals surface area contributed by atoms with Crippen LogP contribution in [0.2, 0.25) is 0 Å². The van der Waals surface area contributed by atoms with E-state index in [0.29, 0.717) is 47.4 Å². The lowest BCUT2D eigenvalue weighted by Gasteiger charge is -2.60. The van der Waals surface area contributed by atoms with Crippen LogP contribution in [-0.4, -0.2) is 90.3 Å². The minimum absolute atomic E-state index is 0.0322. The highest BCUT2D eigenvalue weighted by molar-refractivity contribution is 7.99. The first-order valence-electron chi connectivity index (χ1n) is 18.3. The summed E-state index contributed by atoms with van der Waals surface area (Å²) in [5.74, 6) is 1.78. The van der Waals surface area contributed by atoms with Crippen LogP contribution in [0.3, 0.4) is 0 Å². The molecule has 7 aliphatic rings. The largest absolute Gasteiger partial charge is 0.504 e. The van der Waals surface area contributed by atoms with Crippen LogP contribution < -0.4 is 24.3 Å². The topological polar surface area (TPSA) is 135 Å². The van der Waals surface area contributed by atoms with E-state index >= 15 is 0 Å². The second kappa shape index (κ2) is 11.8. The first kappa shape index (κ1) is 33.2. The molecule has 276 valence electrons. The van der Waals surface area contributed by atoms with Crippen LogP contribution in [0.25, 0.3) is 10.9 Å². The molecule has 1 aromatic heterocycles. The number of esters is 2. The number of methoxy groups -OCH3 is 1. The molecule has 2 saturated heterocycles. The van der Waals surface area contributed by atoms with Gasteiger partial charge in [-0.25, -0.2) is 4.79 Å². The fourth-order valence-electron chi connectivity index (χ4n) is 10.3. The van der Waals surface area contributed by atoms with E-state index in [1.165, 1.54) is 6.92 Å². The number of nitrogens with one attached hydrogen (secondary N) is 2. The lowest BCUT2D eigenvalue weighted by molar-refractivity contribution is -0.156. The van der Waals surface area contributed by atoms with Crippen molar-refractivity contribution in [3.63, 3.8) is 0 Å². The Morgan fingerprint density at radius 2 is 1.91 bits per heavy atom. The smallest absolute Gasteiger partial charge is 0.333 e. The van der Waals surface area contributed by atoms with Gasteiger partial charge in [-0.15, -0.1) is 11.8 Å². The average Bonchev–Trinajstić information content (AvgIpc) is 3.78. The van der Waals surface area contributed by atoms with Crippen molar-refractivity contribution in [2.75, 3.05) is 46.4 Å². The zero-order valence-electron chi connectivity index (χ0n) is 30.3. The third kappa shape index (κ3) is 4.48. The molecule has 53 heavy (non-hydrogen) atoms. The van der Waals surface area contributed by atoms with E-state index < -0.39 is 17.6 Å². The number of aryl methyl sites for hydroxylation is 1. The summed E-state index contributed by atoms with van der Waals surface area (Å²) in [5, 5.41) is 16.4. The fraction of sp³-hybridized carbons (Fsp3) is 0.450. The number of aromatic nitrogens is 1. The van der Waals surface area contributed by atoms with Crippen molar-refractivity contribution in [1.29, 1.82) is 0 Å². The number of fused-ring (bicyclic) bond motifs is 11. The van der Waals surface area contributed by atoms with Crippen LogP contribution in [0.5, 0.6) is 28.7 Å². The molecule has 12 nitrogen and oxygen atoms in total. The molecule has 6 atom stereocenters. The van der Waals surface area contributed by atoms with E-state index in [0.717, 1.165) is 62.8 Å². The number of likely N-dealkylation sites (N-methyl/N-ethyl adjacent to an activating group) is 1. The van der Waals surface area contributed by atoms with Gasteiger partial charge in [0.15, 0.2) is 28.5 Å². The Morgan fingerprint density at radius 3 is 2.72 bits per heavy atom. The Hall–Kier alpha value is -4.43. The van der Waals surface area contributed by atoms with Gasteiger partial charge in [-0.1, -0.05) is 24.3 Å². The van der Waals surface area contributed by atoms with Crippen LogP contribution >= 0.6 is 11.8 Å². The summed E-state index contributed by atoms with van der Waals surface area (Å²) in [5.41, 5.74) is 6.97. The molecule has 11 rings (SSSR count). The number of phenolic OH excluding ortho intramolecular Hbond substituents is 1. The number of carbonyl (C=O) groups is 2. The van der Waals surface area contributed by atoms with E-state index in [1.54, 1.807) is 18.9 Å². The standard InChI is InChI=1S/C40H42N4O8S/c1-18-12-21-13-22-14-44-26-15-49-39(47)40(38-24(10-11-41-40)23-8-6-7-9-25(23)42-38)16-53-37(31(44)30(43(22)4)27(21)32(46)33(18)48-5)29-28(26)36-35(50-17-51-36)19(2)34(29)52-20(3)45/h6-9,12,22,26,30-31,37,41-42,46H,10-11,13-17H2,1-5H3/t22?,26-,30?,31?,37?,40+/m0/s1. The second-order valence-corrected chi connectivity index (χ2v) is 16.3. The van der Waals surface area contributed by atoms with Crippen molar-refractivity contribution in [2.24, 2.45) is 0 Å². The van der Waals surface area contributed by atoms with Crippen LogP contribution in [0.4, 0.5) is 0 Å². The third-order valence-corrected chi connectivity index (χ3v) is 14.0. The van der Waals surface area contributed by atoms with Gasteiger partial charge < -0.3 is 33.8 Å². The fourth-order valence-corrected chi connectivity index (χ4v) is 12.0. The molecule has 0 amide bonds. The molecule has 7 aliphatic heterocycles. The van der Waals surface area contributed by atoms with E-state index in [9.17, 15) is 14.7 Å². The molecule has 4 aromatic rings. The quantitative estimate of drug-likeness (QED) is 0.192. The summed E-state index contributed by atoms with van der Waals surface area (Å²) in [6.07, 6.45) is 1.51. The number of hydrogen-bond donors (Lipinski definition) is 3. The van der Waals surface area contributed by atoms with E-state index in [4.69, 9.17) is 23.7 Å². The predicted molar refractivity (Wildman–Crippen MR) is 197 cm³/mol. The molecule has 13 heteroatoms. The van der Waals surface area contributed by atoms with Crippen LogP contribution in [-0.2, 0) is 32.7 Å². The van der Waals surface area contributed by atoms with Gasteiger partial charge in [-0.2, -0.15) is 0 Å². The van der Waals surface area contributed by atoms with Crippen molar-refractivity contribution in [1.82, 2.24) is 20.1 Å². The van der Waals surface area contributed by atoms with Gasteiger partial charge in [0.2, 0.25) is 6.79 Å². The van der Waals surface area contributed by atoms with Gasteiger partial charge >= 0.3 is 11.9 Å². The maximum Gasteiger partial charge on any atom is 0.333 e. The molecule has 3 N–H and O–H groups in total. The summed E-state index contributed by atoms with van der Waals surface area (Å²) in [4.78, 5) is 36.1. The van der Waals surface area contributed by atoms with Crippen molar-refractivity contribution in [2.45, 2.75) is 68.6 Å². The van der Waals surface area contributed by atoms with Gasteiger partial charge in [0.25, 0.3) is 0 Å². The monoisotopic (exact) mass is 738 g/mol. The summed E-state index contributed by atoms with van der Waals surface area (Å²) < 4.78 is 30.8. The number of phenols is 1. The Bertz CT molecular complexity index is 2260. The molecule has 2 fully saturated rings. The molecule has 4 unspecified atom stereocenters. The minimum Gasteiger partial charge on any atom is -0.504 e. The third-order valence-electron chi connectivity index (χ3n) is 12.6. The highest BCUT2D eigenvalue weighted by atomic mass is 32.2. The van der Waals surface area contributed by atoms with Crippen molar-refractivity contribution in [3.05, 3.63) is 75.0 Å². The van der Waals surface area contributed by atoms with Gasteiger partial charge in [-0.3, -0.25) is 19.9 Å². The van der Waals surface area contributed by atoms with Crippen molar-refractivity contribution >= 4 is 34.6 Å². The molecular formula is C40H42N4O8S. The minimum atomic E-state index is -1.16. The van der Waals surface area contributed by atoms with Crippen molar-refractivity contribution in [3.8, 4) is 28.7 Å². The van der Waals surface area contributed by atoms with Crippen molar-refractivity contribution < 1.29 is 38.4 Å². The lowest BCUT2D eigenvalue weighted by atomic mass is 9.73. The lowest BCUT2D eigenvalue weighted by Crippen LogP contribution is -2.65. The maximum atomic E-state index is 14.7. The van der Waals surface area contributed by atoms with E-state index in [2.05, 4.69) is 39.3 Å². The van der Waals surface area contributed by atoms with Gasteiger partial charge in [0, 0.05) is 71.0 Å². The Labute approximate surface area is 311 Å². The number of thioether (sulfide) groups is 1. The average molecular weight is 739 g/mol. The normalized spacial score (nSPS) is 28.5. The first-order chi connectivity index (χ1) is 25.6. The number of carbonyl (C=O) groups excluding carboxylic acids is 2. The van der Waals surface area contributed by atoms with E-state index in [-0.39, 0.29) is 48.5 Å². The number of H-pyrrole nitrogens is 1. The molecule has 0 radical (unpaired) electrons. The Balaban J connectivity index is 1.23. The summed E-state index contributed by atoms with van der Waals surface area (Å²) >= 11 is 1.65. The number of nitrogens with zero attached hydrogens (tertiary/aromatic N) is 2. The van der Waals surface area contributed by atoms with Gasteiger partial charge in [-0.05, 0) is 56.5 Å². The molecule has 3 aromatic carbocycles. The number of benzene rings is 3. The zero-order valence-corrected chi connectivity index (χ0v) is 31.1. The number of ether oxygens (including phenoxy) is 5. The molecule has 1 spiro atoms. The van der Waals surface area contributed by atoms with Crippen LogP contribution in [0.1, 0.15) is 68.9 Å². The number of para-hydroxylation sites is 1. The maximum absolute atomic E-state index is 14.7. The Morgan fingerprint density at radius 1 is 1.09 bits per heavy atom. The summed E-state index contributed by atoms with van der Waals surface area (Å²) in [7, 11) is 3.73.